The van der Waals surface area contributed by atoms with Gasteiger partial charge in [-0.05, 0) is 56.5 Å². The van der Waals surface area contributed by atoms with E-state index in [4.69, 9.17) is 0 Å². The molecule has 0 spiro atoms. The number of anilines is 1. The molecule has 5 heteroatoms. The summed E-state index contributed by atoms with van der Waals surface area (Å²) in [6.07, 6.45) is 0.675. The Bertz CT molecular complexity index is 675. The van der Waals surface area contributed by atoms with Gasteiger partial charge in [0.2, 0.25) is 0 Å². The maximum absolute atomic E-state index is 12.5. The summed E-state index contributed by atoms with van der Waals surface area (Å²) in [5, 5.41) is 11.1. The zero-order chi connectivity index (χ0) is 15.6. The van der Waals surface area contributed by atoms with Crippen molar-refractivity contribution in [1.29, 1.82) is 0 Å². The fraction of sp³-hybridized carbons (Fsp3) is 0.312. The van der Waals surface area contributed by atoms with Gasteiger partial charge in [0.15, 0.2) is 0 Å². The molecule has 0 radical (unpaired) electrons. The number of benzene rings is 1. The quantitative estimate of drug-likeness (QED) is 0.913. The highest BCUT2D eigenvalue weighted by molar-refractivity contribution is 9.10. The Morgan fingerprint density at radius 2 is 1.76 bits per heavy atom. The molecule has 0 aliphatic carbocycles. The molecular formula is C16H18BrN3O. The highest BCUT2D eigenvalue weighted by Crippen LogP contribution is 2.25. The summed E-state index contributed by atoms with van der Waals surface area (Å²) in [5.41, 5.74) is 4.93. The van der Waals surface area contributed by atoms with E-state index in [1.54, 1.807) is 6.07 Å². The highest BCUT2D eigenvalue weighted by Gasteiger charge is 2.15. The van der Waals surface area contributed by atoms with Crippen LogP contribution in [0.2, 0.25) is 0 Å². The van der Waals surface area contributed by atoms with Crippen LogP contribution in [0.25, 0.3) is 0 Å². The Balaban J connectivity index is 2.37. The number of hydrogen-bond acceptors (Lipinski definition) is 3. The molecule has 1 aromatic carbocycles. The highest BCUT2D eigenvalue weighted by atomic mass is 79.9. The average molecular weight is 348 g/mol. The van der Waals surface area contributed by atoms with Crippen molar-refractivity contribution in [2.24, 2.45) is 0 Å². The Hall–Kier alpha value is -1.75. The zero-order valence-corrected chi connectivity index (χ0v) is 14.2. The molecule has 1 aromatic heterocycles. The first-order chi connectivity index (χ1) is 9.92. The van der Waals surface area contributed by atoms with E-state index >= 15 is 0 Å². The van der Waals surface area contributed by atoms with Crippen molar-refractivity contribution in [2.75, 3.05) is 5.32 Å². The third kappa shape index (κ3) is 3.47. The monoisotopic (exact) mass is 347 g/mol. The molecule has 0 saturated carbocycles. The smallest absolute Gasteiger partial charge is 0.257 e. The maximum atomic E-state index is 12.5. The van der Waals surface area contributed by atoms with Crippen molar-refractivity contribution < 1.29 is 4.79 Å². The predicted octanol–water partition coefficient (Wildman–Crippen LogP) is 3.98. The second-order valence-electron chi connectivity index (χ2n) is 5.07. The molecule has 0 aliphatic rings. The Morgan fingerprint density at radius 1 is 1.14 bits per heavy atom. The van der Waals surface area contributed by atoms with E-state index in [1.807, 2.05) is 39.8 Å². The minimum absolute atomic E-state index is 0.140. The van der Waals surface area contributed by atoms with Gasteiger partial charge in [-0.1, -0.05) is 22.9 Å². The lowest BCUT2D eigenvalue weighted by atomic mass is 10.1. The van der Waals surface area contributed by atoms with Crippen LogP contribution in [-0.4, -0.2) is 16.1 Å². The summed E-state index contributed by atoms with van der Waals surface area (Å²) in [5.74, 6) is -0.140. The van der Waals surface area contributed by atoms with Crippen LogP contribution in [0.4, 0.5) is 5.69 Å². The molecule has 110 valence electrons. The van der Waals surface area contributed by atoms with E-state index in [2.05, 4.69) is 31.4 Å². The summed E-state index contributed by atoms with van der Waals surface area (Å²) in [6, 6.07) is 5.75. The van der Waals surface area contributed by atoms with Crippen molar-refractivity contribution in [1.82, 2.24) is 10.2 Å². The van der Waals surface area contributed by atoms with Crippen LogP contribution >= 0.6 is 15.9 Å². The van der Waals surface area contributed by atoms with Gasteiger partial charge < -0.3 is 5.32 Å². The molecule has 0 fully saturated rings. The van der Waals surface area contributed by atoms with Gasteiger partial charge in [-0.25, -0.2) is 0 Å². The number of nitrogens with one attached hydrogen (secondary N) is 1. The largest absolute Gasteiger partial charge is 0.321 e. The average Bonchev–Trinajstić information content (AvgIpc) is 2.42. The normalized spacial score (nSPS) is 10.5. The number of nitrogens with zero attached hydrogens (tertiary/aromatic N) is 2. The standard InChI is InChI=1S/C16H18BrN3O/c1-5-14-13(8-11(4)19-20-14)16(21)18-15-9(2)6-12(17)7-10(15)3/h6-8H,5H2,1-4H3,(H,18,21). The van der Waals surface area contributed by atoms with Crippen LogP contribution < -0.4 is 5.32 Å². The van der Waals surface area contributed by atoms with E-state index in [-0.39, 0.29) is 5.91 Å². The van der Waals surface area contributed by atoms with E-state index in [0.717, 1.165) is 27.0 Å². The lowest BCUT2D eigenvalue weighted by Crippen LogP contribution is -2.17. The predicted molar refractivity (Wildman–Crippen MR) is 87.7 cm³/mol. The first kappa shape index (κ1) is 15.6. The summed E-state index contributed by atoms with van der Waals surface area (Å²) < 4.78 is 1.01. The third-order valence-corrected chi connectivity index (χ3v) is 3.77. The van der Waals surface area contributed by atoms with Gasteiger partial charge in [0.05, 0.1) is 17.0 Å². The molecule has 2 aromatic rings. The molecule has 1 N–H and O–H groups in total. The van der Waals surface area contributed by atoms with Crippen molar-refractivity contribution in [3.8, 4) is 0 Å². The summed E-state index contributed by atoms with van der Waals surface area (Å²) in [6.45, 7) is 7.75. The van der Waals surface area contributed by atoms with Crippen LogP contribution in [0, 0.1) is 20.8 Å². The molecule has 1 heterocycles. The van der Waals surface area contributed by atoms with Crippen LogP contribution in [0.5, 0.6) is 0 Å². The number of amides is 1. The van der Waals surface area contributed by atoms with Crippen molar-refractivity contribution >= 4 is 27.5 Å². The minimum Gasteiger partial charge on any atom is -0.321 e. The Morgan fingerprint density at radius 3 is 2.33 bits per heavy atom. The number of carbonyl (C=O) groups is 1. The summed E-state index contributed by atoms with van der Waals surface area (Å²) >= 11 is 3.46. The van der Waals surface area contributed by atoms with Crippen LogP contribution in [0.3, 0.4) is 0 Å². The van der Waals surface area contributed by atoms with Crippen LogP contribution in [0.1, 0.15) is 39.8 Å². The second kappa shape index (κ2) is 6.35. The van der Waals surface area contributed by atoms with Crippen molar-refractivity contribution in [3.05, 3.63) is 50.8 Å². The van der Waals surface area contributed by atoms with Crippen LogP contribution in [0.15, 0.2) is 22.7 Å². The molecule has 0 unspecified atom stereocenters. The molecular weight excluding hydrogens is 330 g/mol. The molecule has 2 rings (SSSR count). The summed E-state index contributed by atoms with van der Waals surface area (Å²) in [7, 11) is 0. The molecule has 0 atom stereocenters. The SMILES string of the molecule is CCc1nnc(C)cc1C(=O)Nc1c(C)cc(Br)cc1C. The first-order valence-electron chi connectivity index (χ1n) is 6.83. The number of rotatable bonds is 3. The van der Waals surface area contributed by atoms with Gasteiger partial charge in [-0.3, -0.25) is 4.79 Å². The first-order valence-corrected chi connectivity index (χ1v) is 7.63. The van der Waals surface area contributed by atoms with Gasteiger partial charge >= 0.3 is 0 Å². The van der Waals surface area contributed by atoms with Crippen LogP contribution in [-0.2, 0) is 6.42 Å². The van der Waals surface area contributed by atoms with Gasteiger partial charge in [0, 0.05) is 10.2 Å². The van der Waals surface area contributed by atoms with Gasteiger partial charge in [-0.15, -0.1) is 0 Å². The fourth-order valence-electron chi connectivity index (χ4n) is 2.26. The minimum atomic E-state index is -0.140. The van der Waals surface area contributed by atoms with E-state index in [9.17, 15) is 4.79 Å². The van der Waals surface area contributed by atoms with Crippen molar-refractivity contribution in [3.63, 3.8) is 0 Å². The van der Waals surface area contributed by atoms with E-state index in [1.165, 1.54) is 0 Å². The Kier molecular flexibility index (Phi) is 4.73. The molecule has 0 bridgehead atoms. The van der Waals surface area contributed by atoms with Crippen molar-refractivity contribution in [2.45, 2.75) is 34.1 Å². The molecule has 21 heavy (non-hydrogen) atoms. The molecule has 0 aliphatic heterocycles. The molecule has 0 saturated heterocycles. The number of hydrogen-bond donors (Lipinski definition) is 1. The van der Waals surface area contributed by atoms with E-state index in [0.29, 0.717) is 17.7 Å². The maximum Gasteiger partial charge on any atom is 0.257 e. The number of halogens is 1. The van der Waals surface area contributed by atoms with E-state index < -0.39 is 0 Å². The zero-order valence-electron chi connectivity index (χ0n) is 12.6. The number of carbonyl (C=O) groups excluding carboxylic acids is 1. The summed E-state index contributed by atoms with van der Waals surface area (Å²) in [4.78, 5) is 12.5. The van der Waals surface area contributed by atoms with Gasteiger partial charge in [0.1, 0.15) is 0 Å². The second-order valence-corrected chi connectivity index (χ2v) is 5.98. The van der Waals surface area contributed by atoms with Gasteiger partial charge in [0.25, 0.3) is 5.91 Å². The lowest BCUT2D eigenvalue weighted by Gasteiger charge is -2.13. The fourth-order valence-corrected chi connectivity index (χ4v) is 2.95. The Labute approximate surface area is 133 Å². The number of aryl methyl sites for hydroxylation is 4. The van der Waals surface area contributed by atoms with Gasteiger partial charge in [-0.2, -0.15) is 10.2 Å². The number of aromatic nitrogens is 2. The third-order valence-electron chi connectivity index (χ3n) is 3.31. The lowest BCUT2D eigenvalue weighted by molar-refractivity contribution is 0.102. The molecule has 1 amide bonds. The molecule has 4 nitrogen and oxygen atoms in total. The topological polar surface area (TPSA) is 54.9 Å².